The van der Waals surface area contributed by atoms with Gasteiger partial charge in [0.05, 0.1) is 10.4 Å². The van der Waals surface area contributed by atoms with E-state index in [-0.39, 0.29) is 5.91 Å². The van der Waals surface area contributed by atoms with Crippen molar-refractivity contribution in [3.05, 3.63) is 0 Å². The maximum Gasteiger partial charge on any atom is 0.233 e. The molecule has 0 heterocycles. The molecular weight excluding hydrogens is 258 g/mol. The van der Waals surface area contributed by atoms with Crippen LogP contribution in [0.2, 0.25) is 0 Å². The maximum atomic E-state index is 12.4. The highest BCUT2D eigenvalue weighted by Crippen LogP contribution is 2.36. The monoisotopic (exact) mass is 285 g/mol. The first kappa shape index (κ1) is 16.4. The summed E-state index contributed by atoms with van der Waals surface area (Å²) in [5, 5.41) is 3.02. The molecule has 0 unspecified atom stereocenters. The van der Waals surface area contributed by atoms with E-state index in [0.29, 0.717) is 4.99 Å². The number of nitrogens with one attached hydrogen (secondary N) is 1. The lowest BCUT2D eigenvalue weighted by Crippen LogP contribution is -2.50. The normalized spacial score (nSPS) is 18.3. The Balaban J connectivity index is 2.39. The van der Waals surface area contributed by atoms with Crippen LogP contribution >= 0.6 is 12.2 Å². The van der Waals surface area contributed by atoms with Gasteiger partial charge in [-0.1, -0.05) is 31.5 Å². The second kappa shape index (κ2) is 7.80. The Hall–Kier alpha value is -0.680. The Morgan fingerprint density at radius 1 is 1.26 bits per heavy atom. The van der Waals surface area contributed by atoms with E-state index in [2.05, 4.69) is 24.3 Å². The second-order valence-corrected chi connectivity index (χ2v) is 6.21. The van der Waals surface area contributed by atoms with Gasteiger partial charge in [0.2, 0.25) is 5.91 Å². The highest BCUT2D eigenvalue weighted by atomic mass is 32.1. The summed E-state index contributed by atoms with van der Waals surface area (Å²) >= 11 is 5.15. The Bertz CT molecular complexity index is 312. The molecule has 0 bridgehead atoms. The van der Waals surface area contributed by atoms with Gasteiger partial charge in [-0.3, -0.25) is 4.79 Å². The quantitative estimate of drug-likeness (QED) is 0.552. The van der Waals surface area contributed by atoms with Crippen molar-refractivity contribution in [1.82, 2.24) is 10.2 Å². The SMILES string of the molecule is CN(C)CCCCNC(=O)C1(C(N)=S)CCCCC1. The zero-order valence-electron chi connectivity index (χ0n) is 12.2. The van der Waals surface area contributed by atoms with Crippen LogP contribution in [-0.4, -0.2) is 43.0 Å². The third kappa shape index (κ3) is 4.73. The Morgan fingerprint density at radius 3 is 2.42 bits per heavy atom. The first-order valence-corrected chi connectivity index (χ1v) is 7.63. The van der Waals surface area contributed by atoms with Crippen molar-refractivity contribution in [1.29, 1.82) is 0 Å². The number of hydrogen-bond donors (Lipinski definition) is 2. The van der Waals surface area contributed by atoms with E-state index in [1.54, 1.807) is 0 Å². The van der Waals surface area contributed by atoms with Gasteiger partial charge in [-0.2, -0.15) is 0 Å². The van der Waals surface area contributed by atoms with Gasteiger partial charge in [-0.05, 0) is 46.3 Å². The van der Waals surface area contributed by atoms with Crippen molar-refractivity contribution < 1.29 is 4.79 Å². The van der Waals surface area contributed by atoms with Gasteiger partial charge >= 0.3 is 0 Å². The molecule has 1 aliphatic rings. The molecule has 4 nitrogen and oxygen atoms in total. The average molecular weight is 285 g/mol. The highest BCUT2D eigenvalue weighted by molar-refractivity contribution is 7.80. The minimum atomic E-state index is -0.574. The number of thiocarbonyl (C=S) groups is 1. The van der Waals surface area contributed by atoms with E-state index in [1.165, 1.54) is 6.42 Å². The molecule has 0 atom stereocenters. The third-order valence-electron chi connectivity index (χ3n) is 3.93. The lowest BCUT2D eigenvalue weighted by atomic mass is 9.73. The summed E-state index contributed by atoms with van der Waals surface area (Å²) in [6.45, 7) is 1.77. The van der Waals surface area contributed by atoms with Crippen molar-refractivity contribution >= 4 is 23.1 Å². The van der Waals surface area contributed by atoms with Crippen LogP contribution in [0.25, 0.3) is 0 Å². The van der Waals surface area contributed by atoms with Gasteiger partial charge in [0.15, 0.2) is 0 Å². The molecule has 1 rings (SSSR count). The number of carbonyl (C=O) groups excluding carboxylic acids is 1. The van der Waals surface area contributed by atoms with Crippen LogP contribution in [-0.2, 0) is 4.79 Å². The minimum absolute atomic E-state index is 0.0459. The van der Waals surface area contributed by atoms with Crippen molar-refractivity contribution in [3.63, 3.8) is 0 Å². The fourth-order valence-electron chi connectivity index (χ4n) is 2.66. The van der Waals surface area contributed by atoms with E-state index in [1.807, 2.05) is 0 Å². The molecule has 0 aromatic heterocycles. The molecule has 3 N–H and O–H groups in total. The molecule has 110 valence electrons. The molecule has 19 heavy (non-hydrogen) atoms. The molecule has 1 amide bonds. The first-order chi connectivity index (χ1) is 8.99. The van der Waals surface area contributed by atoms with Gasteiger partial charge in [-0.25, -0.2) is 0 Å². The van der Waals surface area contributed by atoms with E-state index in [9.17, 15) is 4.79 Å². The Labute approximate surface area is 122 Å². The Kier molecular flexibility index (Phi) is 6.72. The first-order valence-electron chi connectivity index (χ1n) is 7.22. The smallest absolute Gasteiger partial charge is 0.233 e. The summed E-state index contributed by atoms with van der Waals surface area (Å²) in [5.41, 5.74) is 5.26. The largest absolute Gasteiger partial charge is 0.392 e. The van der Waals surface area contributed by atoms with Gasteiger partial charge in [0, 0.05) is 6.54 Å². The van der Waals surface area contributed by atoms with E-state index in [4.69, 9.17) is 18.0 Å². The lowest BCUT2D eigenvalue weighted by Gasteiger charge is -2.34. The van der Waals surface area contributed by atoms with E-state index < -0.39 is 5.41 Å². The number of nitrogens with two attached hydrogens (primary N) is 1. The molecule has 1 fully saturated rings. The summed E-state index contributed by atoms with van der Waals surface area (Å²) in [5.74, 6) is 0.0459. The van der Waals surface area contributed by atoms with Gasteiger partial charge < -0.3 is 16.0 Å². The van der Waals surface area contributed by atoms with Crippen molar-refractivity contribution in [3.8, 4) is 0 Å². The zero-order chi connectivity index (χ0) is 14.3. The van der Waals surface area contributed by atoms with Crippen LogP contribution < -0.4 is 11.1 Å². The molecular formula is C14H27N3OS. The van der Waals surface area contributed by atoms with Gasteiger partial charge in [0.1, 0.15) is 0 Å². The van der Waals surface area contributed by atoms with Crippen molar-refractivity contribution in [2.75, 3.05) is 27.2 Å². The molecule has 1 aliphatic carbocycles. The lowest BCUT2D eigenvalue weighted by molar-refractivity contribution is -0.128. The van der Waals surface area contributed by atoms with Crippen LogP contribution in [0.1, 0.15) is 44.9 Å². The summed E-state index contributed by atoms with van der Waals surface area (Å²) in [6, 6.07) is 0. The van der Waals surface area contributed by atoms with Crippen molar-refractivity contribution in [2.24, 2.45) is 11.1 Å². The number of nitrogens with zero attached hydrogens (tertiary/aromatic N) is 1. The minimum Gasteiger partial charge on any atom is -0.392 e. The number of rotatable bonds is 7. The summed E-state index contributed by atoms with van der Waals surface area (Å²) in [7, 11) is 4.12. The molecule has 5 heteroatoms. The van der Waals surface area contributed by atoms with Gasteiger partial charge in [0.25, 0.3) is 0 Å². The van der Waals surface area contributed by atoms with Crippen LogP contribution in [0.4, 0.5) is 0 Å². The van der Waals surface area contributed by atoms with Crippen LogP contribution in [0.3, 0.4) is 0 Å². The number of hydrogen-bond acceptors (Lipinski definition) is 3. The fraction of sp³-hybridized carbons (Fsp3) is 0.857. The topological polar surface area (TPSA) is 58.4 Å². The summed E-state index contributed by atoms with van der Waals surface area (Å²) < 4.78 is 0. The predicted octanol–water partition coefficient (Wildman–Crippen LogP) is 1.68. The predicted molar refractivity (Wildman–Crippen MR) is 83.1 cm³/mol. The number of unbranched alkanes of at least 4 members (excludes halogenated alkanes) is 1. The zero-order valence-corrected chi connectivity index (χ0v) is 13.0. The molecule has 0 spiro atoms. The molecule has 0 aliphatic heterocycles. The van der Waals surface area contributed by atoms with Crippen LogP contribution in [0.5, 0.6) is 0 Å². The number of carbonyl (C=O) groups is 1. The second-order valence-electron chi connectivity index (χ2n) is 5.77. The summed E-state index contributed by atoms with van der Waals surface area (Å²) in [6.07, 6.45) is 6.99. The Morgan fingerprint density at radius 2 is 1.89 bits per heavy atom. The van der Waals surface area contributed by atoms with Crippen LogP contribution in [0.15, 0.2) is 0 Å². The van der Waals surface area contributed by atoms with Gasteiger partial charge in [-0.15, -0.1) is 0 Å². The molecule has 0 aromatic rings. The highest BCUT2D eigenvalue weighted by Gasteiger charge is 2.41. The molecule has 0 aromatic carbocycles. The summed E-state index contributed by atoms with van der Waals surface area (Å²) in [4.78, 5) is 14.9. The molecule has 0 saturated heterocycles. The third-order valence-corrected chi connectivity index (χ3v) is 4.32. The fourth-order valence-corrected chi connectivity index (χ4v) is 2.96. The van der Waals surface area contributed by atoms with E-state index in [0.717, 1.165) is 51.6 Å². The average Bonchev–Trinajstić information content (AvgIpc) is 2.38. The maximum absolute atomic E-state index is 12.4. The molecule has 1 saturated carbocycles. The molecule has 0 radical (unpaired) electrons. The number of amides is 1. The van der Waals surface area contributed by atoms with E-state index >= 15 is 0 Å². The standard InChI is InChI=1S/C14H27N3OS/c1-17(2)11-7-6-10-16-13(18)14(12(15)19)8-4-3-5-9-14/h3-11H2,1-2H3,(H2,15,19)(H,16,18). The van der Waals surface area contributed by atoms with Crippen LogP contribution in [0, 0.1) is 5.41 Å². The van der Waals surface area contributed by atoms with Crippen molar-refractivity contribution in [2.45, 2.75) is 44.9 Å².